The zero-order valence-electron chi connectivity index (χ0n) is 4.91. The van der Waals surface area contributed by atoms with Crippen LogP contribution in [0.1, 0.15) is 12.8 Å². The first-order chi connectivity index (χ1) is 4.02. The molecule has 0 heterocycles. The Bertz CT molecular complexity index is 134. The Morgan fingerprint density at radius 1 is 1.33 bits per heavy atom. The molecule has 1 aliphatic rings. The highest BCUT2D eigenvalue weighted by Crippen LogP contribution is 2.41. The van der Waals surface area contributed by atoms with Crippen LogP contribution in [0.5, 0.6) is 0 Å². The average Bonchev–Trinajstić information content (AvgIpc) is 2.40. The van der Waals surface area contributed by atoms with Gasteiger partial charge in [-0.15, -0.1) is 12.1 Å². The maximum absolute atomic E-state index is 11.7. The van der Waals surface area contributed by atoms with E-state index in [2.05, 4.69) is 6.58 Å². The fourth-order valence-electron chi connectivity index (χ4n) is 0.721. The van der Waals surface area contributed by atoms with Gasteiger partial charge in [-0.2, -0.15) is 0 Å². The van der Waals surface area contributed by atoms with Crippen molar-refractivity contribution in [2.45, 2.75) is 12.8 Å². The van der Waals surface area contributed by atoms with Crippen LogP contribution in [0.15, 0.2) is 12.1 Å². The summed E-state index contributed by atoms with van der Waals surface area (Å²) >= 11 is 0. The topological polar surface area (TPSA) is 0 Å². The highest BCUT2D eigenvalue weighted by Gasteiger charge is 2.36. The lowest BCUT2D eigenvalue weighted by molar-refractivity contribution is 0.484. The Morgan fingerprint density at radius 2 is 1.78 bits per heavy atom. The number of allylic oxidation sites excluding steroid dienone is 1. The van der Waals surface area contributed by atoms with Gasteiger partial charge in [0.05, 0.1) is 0 Å². The second-order valence-corrected chi connectivity index (χ2v) is 2.42. The van der Waals surface area contributed by atoms with E-state index in [1.165, 1.54) is 0 Å². The van der Waals surface area contributed by atoms with Gasteiger partial charge in [0.1, 0.15) is 0 Å². The minimum Gasteiger partial charge on any atom is -0.445 e. The van der Waals surface area contributed by atoms with E-state index < -0.39 is 12.4 Å². The molecule has 52 valence electrons. The molecule has 1 aliphatic carbocycles. The monoisotopic (exact) mass is 135 g/mol. The van der Waals surface area contributed by atoms with Crippen LogP contribution >= 0.6 is 0 Å². The first kappa shape index (κ1) is 6.71. The molecule has 0 atom stereocenters. The maximum Gasteiger partial charge on any atom is 0.505 e. The van der Waals surface area contributed by atoms with Gasteiger partial charge in [-0.1, -0.05) is 0 Å². The highest BCUT2D eigenvalue weighted by molar-refractivity contribution is 6.66. The number of hydrogen-bond acceptors (Lipinski definition) is 0. The van der Waals surface area contributed by atoms with Gasteiger partial charge in [0.15, 0.2) is 0 Å². The highest BCUT2D eigenvalue weighted by atomic mass is 19.4. The lowest BCUT2D eigenvalue weighted by Gasteiger charge is -2.16. The third-order valence-corrected chi connectivity index (χ3v) is 1.52. The molecule has 0 aliphatic heterocycles. The predicted molar refractivity (Wildman–Crippen MR) is 30.9 cm³/mol. The van der Waals surface area contributed by atoms with Crippen molar-refractivity contribution in [1.29, 1.82) is 0 Å². The van der Waals surface area contributed by atoms with Gasteiger partial charge in [-0.3, -0.25) is 0 Å². The van der Waals surface area contributed by atoms with Crippen LogP contribution in [0.2, 0.25) is 0 Å². The lowest BCUT2D eigenvalue weighted by Crippen LogP contribution is -2.19. The predicted octanol–water partition coefficient (Wildman–Crippen LogP) is 2.34. The Labute approximate surface area is 51.8 Å². The second-order valence-electron chi connectivity index (χ2n) is 2.42. The molecule has 0 saturated heterocycles. The molecule has 0 amide bonds. The van der Waals surface area contributed by atoms with Gasteiger partial charge in [-0.25, -0.2) is 0 Å². The van der Waals surface area contributed by atoms with E-state index in [0.717, 1.165) is 0 Å². The van der Waals surface area contributed by atoms with Crippen LogP contribution < -0.4 is 0 Å². The molecule has 0 aromatic rings. The Kier molecular flexibility index (Phi) is 1.33. The van der Waals surface area contributed by atoms with E-state index in [9.17, 15) is 12.9 Å². The Hall–Kier alpha value is -0.405. The van der Waals surface area contributed by atoms with Crippen LogP contribution in [0.25, 0.3) is 0 Å². The molecule has 0 bridgehead atoms. The molecular formula is C5H7BF3-. The van der Waals surface area contributed by atoms with Crippen LogP contribution in [0.4, 0.5) is 12.9 Å². The van der Waals surface area contributed by atoms with Crippen LogP contribution in [-0.4, -0.2) is 6.98 Å². The van der Waals surface area contributed by atoms with Crippen molar-refractivity contribution < 1.29 is 12.9 Å². The van der Waals surface area contributed by atoms with Crippen molar-refractivity contribution >= 4 is 6.98 Å². The maximum atomic E-state index is 11.7. The lowest BCUT2D eigenvalue weighted by atomic mass is 9.77. The van der Waals surface area contributed by atoms with Crippen molar-refractivity contribution in [3.05, 3.63) is 12.1 Å². The van der Waals surface area contributed by atoms with E-state index in [-0.39, 0.29) is 5.92 Å². The molecule has 0 N–H and O–H groups in total. The zero-order chi connectivity index (χ0) is 7.07. The van der Waals surface area contributed by atoms with Gasteiger partial charge in [0.2, 0.25) is 0 Å². The molecule has 1 fully saturated rings. The third kappa shape index (κ3) is 1.50. The Morgan fingerprint density at radius 3 is 1.89 bits per heavy atom. The number of rotatable bonds is 2. The standard InChI is InChI=1S/C5H7BF3/c1-4(5-2-3-5)6(7,8)9/h5H,1-3H2/q-1. The molecule has 0 unspecified atom stereocenters. The van der Waals surface area contributed by atoms with Crippen molar-refractivity contribution in [2.24, 2.45) is 5.92 Å². The van der Waals surface area contributed by atoms with E-state index in [1.807, 2.05) is 0 Å². The van der Waals surface area contributed by atoms with Gasteiger partial charge in [0.25, 0.3) is 0 Å². The van der Waals surface area contributed by atoms with Gasteiger partial charge in [0, 0.05) is 0 Å². The molecule has 1 rings (SSSR count). The summed E-state index contributed by atoms with van der Waals surface area (Å²) in [5, 5.41) is 0. The van der Waals surface area contributed by atoms with Gasteiger partial charge in [-0.05, 0) is 18.8 Å². The number of halogens is 3. The smallest absolute Gasteiger partial charge is 0.445 e. The minimum atomic E-state index is -4.74. The quantitative estimate of drug-likeness (QED) is 0.509. The summed E-state index contributed by atoms with van der Waals surface area (Å²) in [6.07, 6.45) is 1.36. The molecule has 0 aromatic heterocycles. The first-order valence-corrected chi connectivity index (χ1v) is 2.90. The summed E-state index contributed by atoms with van der Waals surface area (Å²) in [6, 6.07) is 0. The van der Waals surface area contributed by atoms with Crippen LogP contribution in [0.3, 0.4) is 0 Å². The fourth-order valence-corrected chi connectivity index (χ4v) is 0.721. The van der Waals surface area contributed by atoms with Crippen molar-refractivity contribution in [1.82, 2.24) is 0 Å². The summed E-state index contributed by atoms with van der Waals surface area (Å²) in [6.45, 7) is -1.75. The van der Waals surface area contributed by atoms with Crippen LogP contribution in [-0.2, 0) is 0 Å². The van der Waals surface area contributed by atoms with Gasteiger partial charge >= 0.3 is 6.98 Å². The molecule has 0 radical (unpaired) electrons. The van der Waals surface area contributed by atoms with E-state index in [4.69, 9.17) is 0 Å². The zero-order valence-corrected chi connectivity index (χ0v) is 4.91. The molecule has 0 aromatic carbocycles. The minimum absolute atomic E-state index is 0.231. The summed E-state index contributed by atoms with van der Waals surface area (Å²) in [7, 11) is 0. The van der Waals surface area contributed by atoms with Gasteiger partial charge < -0.3 is 12.9 Å². The molecule has 4 heteroatoms. The largest absolute Gasteiger partial charge is 0.505 e. The normalized spacial score (nSPS) is 19.9. The van der Waals surface area contributed by atoms with E-state index in [1.54, 1.807) is 0 Å². The summed E-state index contributed by atoms with van der Waals surface area (Å²) in [4.78, 5) is 0. The Balaban J connectivity index is 2.50. The third-order valence-electron chi connectivity index (χ3n) is 1.52. The molecular weight excluding hydrogens is 128 g/mol. The van der Waals surface area contributed by atoms with Crippen molar-refractivity contribution in [3.63, 3.8) is 0 Å². The number of hydrogen-bond donors (Lipinski definition) is 0. The van der Waals surface area contributed by atoms with Crippen molar-refractivity contribution in [3.8, 4) is 0 Å². The summed E-state index contributed by atoms with van der Waals surface area (Å²) < 4.78 is 35.1. The second kappa shape index (κ2) is 1.79. The fraction of sp³-hybridized carbons (Fsp3) is 0.600. The van der Waals surface area contributed by atoms with E-state index in [0.29, 0.717) is 12.8 Å². The van der Waals surface area contributed by atoms with Crippen molar-refractivity contribution in [2.75, 3.05) is 0 Å². The average molecular weight is 135 g/mol. The summed E-state index contributed by atoms with van der Waals surface area (Å²) in [5.41, 5.74) is -0.491. The molecule has 1 saturated carbocycles. The molecule has 0 nitrogen and oxygen atoms in total. The molecule has 9 heavy (non-hydrogen) atoms. The molecule has 0 spiro atoms. The summed E-state index contributed by atoms with van der Waals surface area (Å²) in [5.74, 6) is -0.231. The SMILES string of the molecule is C=C(C1CC1)[B-](F)(F)F. The van der Waals surface area contributed by atoms with Crippen LogP contribution in [0, 0.1) is 5.92 Å². The first-order valence-electron chi connectivity index (χ1n) is 2.90. The van der Waals surface area contributed by atoms with E-state index >= 15 is 0 Å².